The third kappa shape index (κ3) is 2.53. The standard InChI is InChI=1S/C12H13F4NO/c1-5-9(13)7(4-8(17-3)6(2)18)11(15)12(16)10(5)14/h8,17H,4H2,1-3H3/t8-/m0/s1. The molecule has 0 aliphatic rings. The van der Waals surface area contributed by atoms with Crippen LogP contribution in [0.15, 0.2) is 0 Å². The minimum absolute atomic E-state index is 0.348. The lowest BCUT2D eigenvalue weighted by atomic mass is 9.99. The van der Waals surface area contributed by atoms with E-state index in [0.29, 0.717) is 0 Å². The Morgan fingerprint density at radius 2 is 1.67 bits per heavy atom. The van der Waals surface area contributed by atoms with Crippen molar-refractivity contribution in [2.45, 2.75) is 26.3 Å². The van der Waals surface area contributed by atoms with Crippen molar-refractivity contribution in [2.75, 3.05) is 7.05 Å². The van der Waals surface area contributed by atoms with Crippen LogP contribution in [-0.4, -0.2) is 18.9 Å². The van der Waals surface area contributed by atoms with Gasteiger partial charge in [0.25, 0.3) is 0 Å². The molecular weight excluding hydrogens is 250 g/mol. The Hall–Kier alpha value is -1.43. The molecule has 1 rings (SSSR count). The van der Waals surface area contributed by atoms with Gasteiger partial charge in [-0.3, -0.25) is 4.79 Å². The zero-order valence-electron chi connectivity index (χ0n) is 10.2. The van der Waals surface area contributed by atoms with E-state index in [1.165, 1.54) is 14.0 Å². The molecule has 0 saturated heterocycles. The first kappa shape index (κ1) is 14.6. The number of rotatable bonds is 4. The summed E-state index contributed by atoms with van der Waals surface area (Å²) in [5.74, 6) is -6.36. The number of nitrogens with one attached hydrogen (secondary N) is 1. The second kappa shape index (κ2) is 5.48. The van der Waals surface area contributed by atoms with E-state index >= 15 is 0 Å². The molecule has 2 nitrogen and oxygen atoms in total. The van der Waals surface area contributed by atoms with Gasteiger partial charge in [0.1, 0.15) is 11.6 Å². The Morgan fingerprint density at radius 1 is 1.11 bits per heavy atom. The Kier molecular flexibility index (Phi) is 4.45. The smallest absolute Gasteiger partial charge is 0.195 e. The quantitative estimate of drug-likeness (QED) is 0.513. The SMILES string of the molecule is CN[C@@H](Cc1c(F)c(C)c(F)c(F)c1F)C(C)=O. The van der Waals surface area contributed by atoms with Crippen LogP contribution in [-0.2, 0) is 11.2 Å². The molecule has 0 unspecified atom stereocenters. The number of carbonyl (C=O) groups is 1. The lowest BCUT2D eigenvalue weighted by molar-refractivity contribution is -0.118. The highest BCUT2D eigenvalue weighted by Crippen LogP contribution is 2.24. The number of Topliss-reactive ketones (excluding diaryl/α,β-unsaturated/α-hetero) is 1. The predicted octanol–water partition coefficient (Wildman–Crippen LogP) is 2.27. The molecule has 0 aliphatic carbocycles. The summed E-state index contributed by atoms with van der Waals surface area (Å²) in [4.78, 5) is 11.2. The molecule has 0 amide bonds. The van der Waals surface area contributed by atoms with Crippen molar-refractivity contribution in [3.8, 4) is 0 Å². The Labute approximate surface area is 102 Å². The van der Waals surface area contributed by atoms with Gasteiger partial charge in [0.15, 0.2) is 17.5 Å². The van der Waals surface area contributed by atoms with Gasteiger partial charge in [0, 0.05) is 17.5 Å². The van der Waals surface area contributed by atoms with Crippen LogP contribution in [0.5, 0.6) is 0 Å². The van der Waals surface area contributed by atoms with Crippen molar-refractivity contribution in [3.05, 3.63) is 34.4 Å². The highest BCUT2D eigenvalue weighted by molar-refractivity contribution is 5.81. The Morgan fingerprint density at radius 3 is 2.11 bits per heavy atom. The van der Waals surface area contributed by atoms with Gasteiger partial charge in [-0.05, 0) is 20.9 Å². The maximum atomic E-state index is 13.7. The number of benzene rings is 1. The van der Waals surface area contributed by atoms with E-state index in [1.54, 1.807) is 0 Å². The summed E-state index contributed by atoms with van der Waals surface area (Å²) in [7, 11) is 1.44. The topological polar surface area (TPSA) is 29.1 Å². The van der Waals surface area contributed by atoms with Crippen molar-refractivity contribution in [1.29, 1.82) is 0 Å². The van der Waals surface area contributed by atoms with Crippen LogP contribution in [0, 0.1) is 30.2 Å². The highest BCUT2D eigenvalue weighted by Gasteiger charge is 2.25. The first-order valence-electron chi connectivity index (χ1n) is 5.30. The lowest BCUT2D eigenvalue weighted by Gasteiger charge is -2.15. The van der Waals surface area contributed by atoms with E-state index in [4.69, 9.17) is 0 Å². The molecule has 0 heterocycles. The largest absolute Gasteiger partial charge is 0.310 e. The fourth-order valence-electron chi connectivity index (χ4n) is 1.64. The number of carbonyl (C=O) groups excluding carboxylic acids is 1. The molecule has 1 atom stereocenters. The lowest BCUT2D eigenvalue weighted by Crippen LogP contribution is -2.35. The number of likely N-dealkylation sites (N-methyl/N-ethyl adjacent to an activating group) is 1. The number of ketones is 1. The third-order valence-electron chi connectivity index (χ3n) is 2.82. The second-order valence-electron chi connectivity index (χ2n) is 4.02. The Balaban J connectivity index is 3.29. The average molecular weight is 263 g/mol. The summed E-state index contributed by atoms with van der Waals surface area (Å²) in [5.41, 5.74) is -1.22. The summed E-state index contributed by atoms with van der Waals surface area (Å²) in [6, 6.07) is -0.849. The summed E-state index contributed by atoms with van der Waals surface area (Å²) >= 11 is 0. The van der Waals surface area contributed by atoms with Crippen LogP contribution in [0.3, 0.4) is 0 Å². The monoisotopic (exact) mass is 263 g/mol. The van der Waals surface area contributed by atoms with Crippen molar-refractivity contribution in [1.82, 2.24) is 5.32 Å². The van der Waals surface area contributed by atoms with E-state index < -0.39 is 40.4 Å². The van der Waals surface area contributed by atoms with E-state index in [2.05, 4.69) is 5.32 Å². The first-order chi connectivity index (χ1) is 8.31. The number of hydrogen-bond donors (Lipinski definition) is 1. The number of halogens is 4. The molecule has 1 aromatic rings. The van der Waals surface area contributed by atoms with Crippen LogP contribution in [0.4, 0.5) is 17.6 Å². The molecule has 1 N–H and O–H groups in total. The van der Waals surface area contributed by atoms with Gasteiger partial charge in [-0.1, -0.05) is 0 Å². The summed E-state index contributed by atoms with van der Waals surface area (Å²) in [6.45, 7) is 2.25. The Bertz CT molecular complexity index is 458. The van der Waals surface area contributed by atoms with Gasteiger partial charge in [0.05, 0.1) is 6.04 Å². The molecule has 0 fully saturated rings. The highest BCUT2D eigenvalue weighted by atomic mass is 19.2. The zero-order valence-corrected chi connectivity index (χ0v) is 10.2. The van der Waals surface area contributed by atoms with Crippen LogP contribution in [0.2, 0.25) is 0 Å². The summed E-state index contributed by atoms with van der Waals surface area (Å²) in [5, 5.41) is 2.56. The fourth-order valence-corrected chi connectivity index (χ4v) is 1.64. The average Bonchev–Trinajstić information content (AvgIpc) is 2.34. The molecule has 1 aromatic carbocycles. The van der Waals surface area contributed by atoms with Crippen LogP contribution >= 0.6 is 0 Å². The molecule has 18 heavy (non-hydrogen) atoms. The normalized spacial score (nSPS) is 12.6. The molecular formula is C12H13F4NO. The minimum atomic E-state index is -1.72. The van der Waals surface area contributed by atoms with E-state index in [1.807, 2.05) is 0 Å². The van der Waals surface area contributed by atoms with Gasteiger partial charge in [-0.25, -0.2) is 17.6 Å². The second-order valence-corrected chi connectivity index (χ2v) is 4.02. The van der Waals surface area contributed by atoms with Gasteiger partial charge in [-0.2, -0.15) is 0 Å². The fraction of sp³-hybridized carbons (Fsp3) is 0.417. The molecule has 0 aliphatic heterocycles. The molecule has 0 aromatic heterocycles. The van der Waals surface area contributed by atoms with Gasteiger partial charge >= 0.3 is 0 Å². The van der Waals surface area contributed by atoms with Crippen LogP contribution in [0.25, 0.3) is 0 Å². The van der Waals surface area contributed by atoms with Gasteiger partial charge in [-0.15, -0.1) is 0 Å². The molecule has 100 valence electrons. The zero-order chi connectivity index (χ0) is 14.0. The van der Waals surface area contributed by atoms with Crippen molar-refractivity contribution >= 4 is 5.78 Å². The van der Waals surface area contributed by atoms with Crippen LogP contribution in [0.1, 0.15) is 18.1 Å². The predicted molar refractivity (Wildman–Crippen MR) is 58.2 cm³/mol. The van der Waals surface area contributed by atoms with Crippen molar-refractivity contribution in [3.63, 3.8) is 0 Å². The first-order valence-corrected chi connectivity index (χ1v) is 5.30. The van der Waals surface area contributed by atoms with E-state index in [-0.39, 0.29) is 12.2 Å². The third-order valence-corrected chi connectivity index (χ3v) is 2.82. The van der Waals surface area contributed by atoms with Crippen LogP contribution < -0.4 is 5.32 Å². The molecule has 0 radical (unpaired) electrons. The van der Waals surface area contributed by atoms with E-state index in [0.717, 1.165) is 6.92 Å². The summed E-state index contributed by atoms with van der Waals surface area (Å²) < 4.78 is 53.4. The minimum Gasteiger partial charge on any atom is -0.310 e. The van der Waals surface area contributed by atoms with Crippen molar-refractivity contribution in [2.24, 2.45) is 0 Å². The maximum absolute atomic E-state index is 13.7. The van der Waals surface area contributed by atoms with Crippen molar-refractivity contribution < 1.29 is 22.4 Å². The maximum Gasteiger partial charge on any atom is 0.195 e. The summed E-state index contributed by atoms with van der Waals surface area (Å²) in [6.07, 6.45) is -0.373. The molecule has 0 bridgehead atoms. The molecule has 0 saturated carbocycles. The van der Waals surface area contributed by atoms with Gasteiger partial charge in [0.2, 0.25) is 0 Å². The van der Waals surface area contributed by atoms with E-state index in [9.17, 15) is 22.4 Å². The van der Waals surface area contributed by atoms with Gasteiger partial charge < -0.3 is 5.32 Å². The molecule has 0 spiro atoms. The number of hydrogen-bond acceptors (Lipinski definition) is 2. The molecule has 6 heteroatoms.